The van der Waals surface area contributed by atoms with Gasteiger partial charge in [0.2, 0.25) is 0 Å². The van der Waals surface area contributed by atoms with E-state index in [1.54, 1.807) is 0 Å². The third kappa shape index (κ3) is 3.54. The number of ether oxygens (including phenoxy) is 1. The molecule has 3 rings (SSSR count). The summed E-state index contributed by atoms with van der Waals surface area (Å²) in [5.74, 6) is 0.926. The molecule has 0 aliphatic heterocycles. The van der Waals surface area contributed by atoms with E-state index < -0.39 is 0 Å². The Morgan fingerprint density at radius 1 is 0.857 bits per heavy atom. The van der Waals surface area contributed by atoms with E-state index >= 15 is 0 Å². The molecule has 0 amide bonds. The maximum atomic E-state index is 5.73. The largest absolute Gasteiger partial charge is 0.492 e. The molecular formula is C19H19NO. The van der Waals surface area contributed by atoms with E-state index in [0.717, 1.165) is 18.0 Å². The number of nitrogens with one attached hydrogen (secondary N) is 1. The Labute approximate surface area is 125 Å². The van der Waals surface area contributed by atoms with Gasteiger partial charge in [0.15, 0.2) is 0 Å². The van der Waals surface area contributed by atoms with E-state index in [4.69, 9.17) is 4.74 Å². The Kier molecular flexibility index (Phi) is 4.06. The van der Waals surface area contributed by atoms with Crippen molar-refractivity contribution in [1.29, 1.82) is 0 Å². The van der Waals surface area contributed by atoms with E-state index in [1.807, 2.05) is 12.1 Å². The quantitative estimate of drug-likeness (QED) is 0.686. The topological polar surface area (TPSA) is 21.3 Å². The van der Waals surface area contributed by atoms with E-state index in [-0.39, 0.29) is 0 Å². The first-order valence-electron chi connectivity index (χ1n) is 7.23. The maximum Gasteiger partial charge on any atom is 0.119 e. The van der Waals surface area contributed by atoms with Crippen LogP contribution in [-0.2, 0) is 0 Å². The van der Waals surface area contributed by atoms with Crippen LogP contribution in [-0.4, -0.2) is 13.2 Å². The van der Waals surface area contributed by atoms with E-state index in [1.165, 1.54) is 16.3 Å². The summed E-state index contributed by atoms with van der Waals surface area (Å²) < 4.78 is 5.73. The molecule has 0 aliphatic rings. The van der Waals surface area contributed by atoms with Crippen molar-refractivity contribution in [3.8, 4) is 5.75 Å². The minimum absolute atomic E-state index is 0.649. The van der Waals surface area contributed by atoms with Crippen molar-refractivity contribution >= 4 is 16.5 Å². The summed E-state index contributed by atoms with van der Waals surface area (Å²) >= 11 is 0. The Bertz CT molecular complexity index is 736. The molecule has 0 saturated carbocycles. The van der Waals surface area contributed by atoms with Crippen LogP contribution in [0.1, 0.15) is 5.56 Å². The minimum Gasteiger partial charge on any atom is -0.492 e. The van der Waals surface area contributed by atoms with Crippen molar-refractivity contribution in [3.05, 3.63) is 72.3 Å². The summed E-state index contributed by atoms with van der Waals surface area (Å²) in [7, 11) is 0. The van der Waals surface area contributed by atoms with Crippen LogP contribution >= 0.6 is 0 Å². The predicted molar refractivity (Wildman–Crippen MR) is 89.1 cm³/mol. The average molecular weight is 277 g/mol. The van der Waals surface area contributed by atoms with Gasteiger partial charge in [-0.2, -0.15) is 0 Å². The van der Waals surface area contributed by atoms with Gasteiger partial charge in [-0.3, -0.25) is 0 Å². The molecule has 106 valence electrons. The van der Waals surface area contributed by atoms with Crippen molar-refractivity contribution < 1.29 is 4.74 Å². The second kappa shape index (κ2) is 6.31. The van der Waals surface area contributed by atoms with Crippen molar-refractivity contribution in [2.75, 3.05) is 18.5 Å². The average Bonchev–Trinajstić information content (AvgIpc) is 2.51. The lowest BCUT2D eigenvalue weighted by molar-refractivity contribution is 0.332. The molecule has 0 bridgehead atoms. The highest BCUT2D eigenvalue weighted by atomic mass is 16.5. The van der Waals surface area contributed by atoms with Gasteiger partial charge in [-0.25, -0.2) is 0 Å². The van der Waals surface area contributed by atoms with Crippen molar-refractivity contribution in [1.82, 2.24) is 0 Å². The molecule has 2 heteroatoms. The second-order valence-corrected chi connectivity index (χ2v) is 5.15. The second-order valence-electron chi connectivity index (χ2n) is 5.15. The monoisotopic (exact) mass is 277 g/mol. The molecule has 0 fully saturated rings. The molecule has 3 aromatic carbocycles. The fourth-order valence-corrected chi connectivity index (χ4v) is 2.37. The SMILES string of the molecule is Cc1cccc(OCCNc2ccc3ccccc3c2)c1. The molecule has 0 atom stereocenters. The summed E-state index contributed by atoms with van der Waals surface area (Å²) in [6.07, 6.45) is 0. The van der Waals surface area contributed by atoms with Gasteiger partial charge < -0.3 is 10.1 Å². The van der Waals surface area contributed by atoms with Crippen molar-refractivity contribution in [2.24, 2.45) is 0 Å². The van der Waals surface area contributed by atoms with Gasteiger partial charge in [-0.05, 0) is 47.5 Å². The van der Waals surface area contributed by atoms with Gasteiger partial charge in [-0.1, -0.05) is 42.5 Å². The number of fused-ring (bicyclic) bond motifs is 1. The molecule has 1 N–H and O–H groups in total. The zero-order valence-electron chi connectivity index (χ0n) is 12.2. The maximum absolute atomic E-state index is 5.73. The Morgan fingerprint density at radius 3 is 2.57 bits per heavy atom. The molecule has 0 spiro atoms. The van der Waals surface area contributed by atoms with Crippen LogP contribution in [0.2, 0.25) is 0 Å². The van der Waals surface area contributed by atoms with Gasteiger partial charge in [0.05, 0.1) is 0 Å². The molecular weight excluding hydrogens is 258 g/mol. The number of benzene rings is 3. The summed E-state index contributed by atoms with van der Waals surface area (Å²) in [5, 5.41) is 5.91. The lowest BCUT2D eigenvalue weighted by Crippen LogP contribution is -2.11. The zero-order valence-corrected chi connectivity index (χ0v) is 12.2. The number of anilines is 1. The molecule has 21 heavy (non-hydrogen) atoms. The molecule has 0 unspecified atom stereocenters. The Morgan fingerprint density at radius 2 is 1.71 bits per heavy atom. The van der Waals surface area contributed by atoms with Crippen LogP contribution in [0, 0.1) is 6.92 Å². The zero-order chi connectivity index (χ0) is 14.5. The smallest absolute Gasteiger partial charge is 0.119 e. The lowest BCUT2D eigenvalue weighted by Gasteiger charge is -2.10. The number of hydrogen-bond donors (Lipinski definition) is 1. The predicted octanol–water partition coefficient (Wildman–Crippen LogP) is 4.64. The van der Waals surface area contributed by atoms with Crippen LogP contribution in [0.15, 0.2) is 66.7 Å². The fourth-order valence-electron chi connectivity index (χ4n) is 2.37. The molecule has 0 aliphatic carbocycles. The number of rotatable bonds is 5. The number of hydrogen-bond acceptors (Lipinski definition) is 2. The van der Waals surface area contributed by atoms with Gasteiger partial charge in [0, 0.05) is 12.2 Å². The van der Waals surface area contributed by atoms with E-state index in [0.29, 0.717) is 6.61 Å². The normalized spacial score (nSPS) is 10.5. The fraction of sp³-hybridized carbons (Fsp3) is 0.158. The summed E-state index contributed by atoms with van der Waals surface area (Å²) in [6, 6.07) is 22.9. The highest BCUT2D eigenvalue weighted by molar-refractivity contribution is 5.85. The van der Waals surface area contributed by atoms with Crippen LogP contribution in [0.25, 0.3) is 10.8 Å². The summed E-state index contributed by atoms with van der Waals surface area (Å²) in [6.45, 7) is 3.50. The molecule has 0 saturated heterocycles. The first kappa shape index (κ1) is 13.5. The Hall–Kier alpha value is -2.48. The highest BCUT2D eigenvalue weighted by Gasteiger charge is 1.97. The van der Waals surface area contributed by atoms with E-state index in [2.05, 4.69) is 66.8 Å². The standard InChI is InChI=1S/C19H19NO/c1-15-5-4-8-19(13-15)21-12-11-20-18-10-9-16-6-2-3-7-17(16)14-18/h2-10,13-14,20H,11-12H2,1H3. The molecule has 0 radical (unpaired) electrons. The van der Waals surface area contributed by atoms with Crippen LogP contribution < -0.4 is 10.1 Å². The third-order valence-electron chi connectivity index (χ3n) is 3.44. The first-order chi connectivity index (χ1) is 10.3. The molecule has 2 nitrogen and oxygen atoms in total. The molecule has 0 heterocycles. The van der Waals surface area contributed by atoms with Crippen molar-refractivity contribution in [2.45, 2.75) is 6.92 Å². The van der Waals surface area contributed by atoms with Gasteiger partial charge in [0.1, 0.15) is 12.4 Å². The minimum atomic E-state index is 0.649. The van der Waals surface area contributed by atoms with Crippen LogP contribution in [0.5, 0.6) is 5.75 Å². The summed E-state index contributed by atoms with van der Waals surface area (Å²) in [5.41, 5.74) is 2.34. The van der Waals surface area contributed by atoms with Gasteiger partial charge in [-0.15, -0.1) is 0 Å². The summed E-state index contributed by atoms with van der Waals surface area (Å²) in [4.78, 5) is 0. The molecule has 3 aromatic rings. The van der Waals surface area contributed by atoms with Gasteiger partial charge in [0.25, 0.3) is 0 Å². The van der Waals surface area contributed by atoms with Gasteiger partial charge >= 0.3 is 0 Å². The highest BCUT2D eigenvalue weighted by Crippen LogP contribution is 2.18. The van der Waals surface area contributed by atoms with Crippen LogP contribution in [0.4, 0.5) is 5.69 Å². The number of aryl methyl sites for hydroxylation is 1. The third-order valence-corrected chi connectivity index (χ3v) is 3.44. The van der Waals surface area contributed by atoms with Crippen LogP contribution in [0.3, 0.4) is 0 Å². The Balaban J connectivity index is 1.54. The first-order valence-corrected chi connectivity index (χ1v) is 7.23. The lowest BCUT2D eigenvalue weighted by atomic mass is 10.1. The molecule has 0 aromatic heterocycles. The van der Waals surface area contributed by atoms with Crippen molar-refractivity contribution in [3.63, 3.8) is 0 Å². The van der Waals surface area contributed by atoms with E-state index in [9.17, 15) is 0 Å².